The maximum absolute atomic E-state index is 13.2. The van der Waals surface area contributed by atoms with Gasteiger partial charge in [-0.1, -0.05) is 60.7 Å². The SMILES string of the molecule is C[N+]1(C)[C@@H]2CC[C@H]1CC(N1CC(c3ccccc3)(c3ccccc3)NC1=O)C2. The predicted molar refractivity (Wildman–Crippen MR) is 111 cm³/mol. The van der Waals surface area contributed by atoms with Crippen LogP contribution in [0.4, 0.5) is 4.79 Å². The van der Waals surface area contributed by atoms with E-state index in [0.717, 1.165) is 28.5 Å². The molecule has 3 atom stereocenters. The van der Waals surface area contributed by atoms with E-state index >= 15 is 0 Å². The lowest BCUT2D eigenvalue weighted by atomic mass is 9.83. The summed E-state index contributed by atoms with van der Waals surface area (Å²) in [5.74, 6) is 0. The Morgan fingerprint density at radius 1 is 0.893 bits per heavy atom. The minimum Gasteiger partial charge on any atom is -0.323 e. The van der Waals surface area contributed by atoms with E-state index in [9.17, 15) is 4.79 Å². The number of urea groups is 1. The maximum atomic E-state index is 13.2. The average molecular weight is 377 g/mol. The standard InChI is InChI=1S/C24H29N3O/c1-27(2)21-13-14-22(27)16-20(15-21)26-17-24(25-23(26)28,18-9-5-3-6-10-18)19-11-7-4-8-12-19/h3-12,20-22H,13-17H2,1-2H3/p+1/t20?,21-,22+. The summed E-state index contributed by atoms with van der Waals surface area (Å²) in [6, 6.07) is 22.7. The third kappa shape index (κ3) is 2.58. The number of piperidine rings is 1. The minimum absolute atomic E-state index is 0.0873. The van der Waals surface area contributed by atoms with Gasteiger partial charge < -0.3 is 14.7 Å². The van der Waals surface area contributed by atoms with Gasteiger partial charge in [0.1, 0.15) is 5.54 Å². The maximum Gasteiger partial charge on any atom is 0.318 e. The molecule has 0 spiro atoms. The molecule has 2 amide bonds. The molecule has 2 aromatic carbocycles. The van der Waals surface area contributed by atoms with Crippen LogP contribution in [0.5, 0.6) is 0 Å². The third-order valence-electron chi connectivity index (χ3n) is 7.77. The number of nitrogens with zero attached hydrogens (tertiary/aromatic N) is 2. The number of carbonyl (C=O) groups excluding carboxylic acids is 1. The van der Waals surface area contributed by atoms with Crippen LogP contribution in [0.2, 0.25) is 0 Å². The van der Waals surface area contributed by atoms with Crippen molar-refractivity contribution in [1.82, 2.24) is 10.2 Å². The number of nitrogens with one attached hydrogen (secondary N) is 1. The van der Waals surface area contributed by atoms with Crippen LogP contribution in [0, 0.1) is 0 Å². The molecule has 1 unspecified atom stereocenters. The van der Waals surface area contributed by atoms with Gasteiger partial charge in [0.2, 0.25) is 0 Å². The first-order valence-corrected chi connectivity index (χ1v) is 10.5. The molecule has 3 aliphatic heterocycles. The van der Waals surface area contributed by atoms with E-state index in [4.69, 9.17) is 0 Å². The number of fused-ring (bicyclic) bond motifs is 2. The smallest absolute Gasteiger partial charge is 0.318 e. The quantitative estimate of drug-likeness (QED) is 0.814. The molecular formula is C24H30N3O+. The molecular weight excluding hydrogens is 346 g/mol. The molecule has 3 heterocycles. The Balaban J connectivity index is 1.50. The van der Waals surface area contributed by atoms with Crippen molar-refractivity contribution in [1.29, 1.82) is 0 Å². The highest BCUT2D eigenvalue weighted by atomic mass is 16.2. The van der Waals surface area contributed by atoms with E-state index in [1.54, 1.807) is 0 Å². The number of hydrogen-bond donors (Lipinski definition) is 1. The van der Waals surface area contributed by atoms with Gasteiger partial charge in [-0.3, -0.25) is 0 Å². The van der Waals surface area contributed by atoms with Crippen LogP contribution < -0.4 is 5.32 Å². The molecule has 2 aromatic rings. The molecule has 0 aliphatic carbocycles. The molecule has 0 saturated carbocycles. The van der Waals surface area contributed by atoms with Crippen LogP contribution in [0.1, 0.15) is 36.8 Å². The van der Waals surface area contributed by atoms with Gasteiger partial charge in [0.25, 0.3) is 0 Å². The van der Waals surface area contributed by atoms with Crippen molar-refractivity contribution >= 4 is 6.03 Å². The lowest BCUT2D eigenvalue weighted by Crippen LogP contribution is -2.59. The Hall–Kier alpha value is -2.33. The van der Waals surface area contributed by atoms with Crippen molar-refractivity contribution in [2.24, 2.45) is 0 Å². The second kappa shape index (κ2) is 6.35. The largest absolute Gasteiger partial charge is 0.323 e. The zero-order chi connectivity index (χ0) is 19.4. The number of benzene rings is 2. The fraction of sp³-hybridized carbons (Fsp3) is 0.458. The van der Waals surface area contributed by atoms with Crippen LogP contribution in [0.25, 0.3) is 0 Å². The van der Waals surface area contributed by atoms with Crippen molar-refractivity contribution in [2.45, 2.75) is 49.3 Å². The van der Waals surface area contributed by atoms with Gasteiger partial charge >= 0.3 is 6.03 Å². The van der Waals surface area contributed by atoms with Crippen molar-refractivity contribution in [3.05, 3.63) is 71.8 Å². The van der Waals surface area contributed by atoms with Crippen molar-refractivity contribution in [3.8, 4) is 0 Å². The average Bonchev–Trinajstić information content (AvgIpc) is 3.09. The summed E-state index contributed by atoms with van der Waals surface area (Å²) in [6.45, 7) is 0.706. The van der Waals surface area contributed by atoms with Crippen molar-refractivity contribution in [3.63, 3.8) is 0 Å². The van der Waals surface area contributed by atoms with Gasteiger partial charge in [0.05, 0.1) is 32.7 Å². The van der Waals surface area contributed by atoms with Gasteiger partial charge in [-0.2, -0.15) is 0 Å². The van der Waals surface area contributed by atoms with Gasteiger partial charge in [-0.05, 0) is 11.1 Å². The van der Waals surface area contributed by atoms with Crippen LogP contribution >= 0.6 is 0 Å². The first-order chi connectivity index (χ1) is 13.5. The topological polar surface area (TPSA) is 32.3 Å². The second-order valence-electron chi connectivity index (χ2n) is 9.33. The fourth-order valence-electron chi connectivity index (χ4n) is 5.96. The molecule has 3 fully saturated rings. The molecule has 1 N–H and O–H groups in total. The molecule has 146 valence electrons. The first kappa shape index (κ1) is 17.7. The van der Waals surface area contributed by atoms with Gasteiger partial charge in [0.15, 0.2) is 0 Å². The van der Waals surface area contributed by atoms with Crippen molar-refractivity contribution in [2.75, 3.05) is 20.6 Å². The first-order valence-electron chi connectivity index (χ1n) is 10.5. The van der Waals surface area contributed by atoms with Gasteiger partial charge in [0, 0.05) is 31.7 Å². The highest BCUT2D eigenvalue weighted by Crippen LogP contribution is 2.43. The molecule has 4 nitrogen and oxygen atoms in total. The Morgan fingerprint density at radius 2 is 1.39 bits per heavy atom. The predicted octanol–water partition coefficient (Wildman–Crippen LogP) is 3.73. The minimum atomic E-state index is -0.472. The van der Waals surface area contributed by atoms with E-state index in [-0.39, 0.29) is 6.03 Å². The monoisotopic (exact) mass is 376 g/mol. The van der Waals surface area contributed by atoms with E-state index in [2.05, 4.69) is 72.8 Å². The number of rotatable bonds is 3. The summed E-state index contributed by atoms with van der Waals surface area (Å²) in [5.41, 5.74) is 1.85. The number of hydrogen-bond acceptors (Lipinski definition) is 1. The van der Waals surface area contributed by atoms with E-state index in [1.807, 2.05) is 12.1 Å². The number of quaternary nitrogens is 1. The summed E-state index contributed by atoms with van der Waals surface area (Å²) >= 11 is 0. The molecule has 28 heavy (non-hydrogen) atoms. The zero-order valence-electron chi connectivity index (χ0n) is 16.8. The number of carbonyl (C=O) groups is 1. The number of amides is 2. The van der Waals surface area contributed by atoms with E-state index in [0.29, 0.717) is 24.7 Å². The Bertz CT molecular complexity index is 808. The summed E-state index contributed by atoms with van der Waals surface area (Å²) in [7, 11) is 4.75. The Morgan fingerprint density at radius 3 is 1.89 bits per heavy atom. The summed E-state index contributed by atoms with van der Waals surface area (Å²) in [6.07, 6.45) is 4.84. The molecule has 5 rings (SSSR count). The van der Waals surface area contributed by atoms with Crippen LogP contribution in [-0.2, 0) is 5.54 Å². The molecule has 4 heteroatoms. The highest BCUT2D eigenvalue weighted by Gasteiger charge is 2.54. The normalized spacial score (nSPS) is 30.3. The molecule has 2 bridgehead atoms. The van der Waals surface area contributed by atoms with Crippen LogP contribution in [0.3, 0.4) is 0 Å². The lowest BCUT2D eigenvalue weighted by molar-refractivity contribution is -0.931. The van der Waals surface area contributed by atoms with E-state index < -0.39 is 5.54 Å². The summed E-state index contributed by atoms with van der Waals surface area (Å²) in [5, 5.41) is 3.40. The van der Waals surface area contributed by atoms with Crippen LogP contribution in [0.15, 0.2) is 60.7 Å². The van der Waals surface area contributed by atoms with E-state index in [1.165, 1.54) is 12.8 Å². The van der Waals surface area contributed by atoms with Gasteiger partial charge in [-0.25, -0.2) is 4.79 Å². The lowest BCUT2D eigenvalue weighted by Gasteiger charge is -2.46. The molecule has 3 saturated heterocycles. The van der Waals surface area contributed by atoms with Crippen LogP contribution in [-0.4, -0.2) is 54.2 Å². The Kier molecular flexibility index (Phi) is 4.02. The van der Waals surface area contributed by atoms with Crippen molar-refractivity contribution < 1.29 is 9.28 Å². The molecule has 0 radical (unpaired) electrons. The second-order valence-corrected chi connectivity index (χ2v) is 9.33. The Labute approximate surface area is 167 Å². The third-order valence-corrected chi connectivity index (χ3v) is 7.77. The molecule has 0 aromatic heterocycles. The zero-order valence-corrected chi connectivity index (χ0v) is 16.8. The summed E-state index contributed by atoms with van der Waals surface area (Å²) < 4.78 is 1.13. The fourth-order valence-corrected chi connectivity index (χ4v) is 5.96. The van der Waals surface area contributed by atoms with Gasteiger partial charge in [-0.15, -0.1) is 0 Å². The molecule has 3 aliphatic rings. The summed E-state index contributed by atoms with van der Waals surface area (Å²) in [4.78, 5) is 15.4. The highest BCUT2D eigenvalue weighted by molar-refractivity contribution is 5.80.